The third kappa shape index (κ3) is 1.82. The molecular formula is C15H18O4. The van der Waals surface area contributed by atoms with Gasteiger partial charge < -0.3 is 14.6 Å². The van der Waals surface area contributed by atoms with E-state index in [9.17, 15) is 9.90 Å². The van der Waals surface area contributed by atoms with Crippen LogP contribution in [0.25, 0.3) is 0 Å². The highest BCUT2D eigenvalue weighted by Crippen LogP contribution is 2.46. The summed E-state index contributed by atoms with van der Waals surface area (Å²) in [6.07, 6.45) is 0.813. The zero-order chi connectivity index (χ0) is 13.8. The van der Waals surface area contributed by atoms with Gasteiger partial charge >= 0.3 is 0 Å². The van der Waals surface area contributed by atoms with E-state index >= 15 is 0 Å². The number of fused-ring (bicyclic) bond motifs is 2. The number of carbonyl (C=O) groups excluding carboxylic acids is 1. The first-order valence-electron chi connectivity index (χ1n) is 6.60. The van der Waals surface area contributed by atoms with Crippen LogP contribution >= 0.6 is 0 Å². The number of Topliss-reactive ketones (excluding diaryl/α,β-unsaturated/α-hetero) is 1. The van der Waals surface area contributed by atoms with Crippen molar-refractivity contribution in [3.63, 3.8) is 0 Å². The maximum absolute atomic E-state index is 11.5. The van der Waals surface area contributed by atoms with Gasteiger partial charge in [-0.25, -0.2) is 0 Å². The van der Waals surface area contributed by atoms with Crippen LogP contribution < -0.4 is 4.74 Å². The quantitative estimate of drug-likeness (QED) is 0.790. The maximum Gasteiger partial charge on any atom is 0.211 e. The Morgan fingerprint density at radius 3 is 2.89 bits per heavy atom. The highest BCUT2D eigenvalue weighted by atomic mass is 16.7. The molecule has 4 heteroatoms. The minimum Gasteiger partial charge on any atom is -0.507 e. The topological polar surface area (TPSA) is 55.8 Å². The summed E-state index contributed by atoms with van der Waals surface area (Å²) >= 11 is 0. The van der Waals surface area contributed by atoms with E-state index in [1.54, 1.807) is 6.07 Å². The van der Waals surface area contributed by atoms with E-state index in [-0.39, 0.29) is 17.5 Å². The number of ether oxygens (including phenoxy) is 2. The predicted molar refractivity (Wildman–Crippen MR) is 69.5 cm³/mol. The van der Waals surface area contributed by atoms with Crippen molar-refractivity contribution in [2.45, 2.75) is 33.0 Å². The van der Waals surface area contributed by atoms with E-state index in [0.717, 1.165) is 12.0 Å². The van der Waals surface area contributed by atoms with Crippen molar-refractivity contribution in [3.8, 4) is 11.5 Å². The molecule has 1 aromatic carbocycles. The zero-order valence-electron chi connectivity index (χ0n) is 11.4. The molecule has 19 heavy (non-hydrogen) atoms. The minimum absolute atomic E-state index is 0.0284. The lowest BCUT2D eigenvalue weighted by atomic mass is 9.82. The number of carbonyl (C=O) groups is 1. The van der Waals surface area contributed by atoms with Crippen molar-refractivity contribution >= 4 is 5.78 Å². The van der Waals surface area contributed by atoms with Gasteiger partial charge in [0.2, 0.25) is 5.79 Å². The number of hydrogen-bond donors (Lipinski definition) is 1. The van der Waals surface area contributed by atoms with Gasteiger partial charge in [0.15, 0.2) is 5.78 Å². The van der Waals surface area contributed by atoms with Crippen molar-refractivity contribution in [1.29, 1.82) is 0 Å². The molecule has 0 spiro atoms. The Balaban J connectivity index is 2.05. The summed E-state index contributed by atoms with van der Waals surface area (Å²) in [7, 11) is 0. The van der Waals surface area contributed by atoms with Gasteiger partial charge in [0.1, 0.15) is 11.5 Å². The molecule has 102 valence electrons. The van der Waals surface area contributed by atoms with E-state index in [2.05, 4.69) is 6.92 Å². The average Bonchev–Trinajstić information content (AvgIpc) is 2.61. The van der Waals surface area contributed by atoms with E-state index in [4.69, 9.17) is 9.47 Å². The minimum atomic E-state index is -0.614. The summed E-state index contributed by atoms with van der Waals surface area (Å²) in [6.45, 7) is 6.23. The van der Waals surface area contributed by atoms with Gasteiger partial charge in [0.25, 0.3) is 0 Å². The SMILES string of the molecule is CC(=O)c1cc2c(cc1O)O[C@@]1(C)OCC(C)[C@H]1C2. The monoisotopic (exact) mass is 262 g/mol. The fourth-order valence-electron chi connectivity index (χ4n) is 3.13. The number of ketones is 1. The van der Waals surface area contributed by atoms with Crippen LogP contribution in [-0.2, 0) is 11.2 Å². The summed E-state index contributed by atoms with van der Waals surface area (Å²) in [6, 6.07) is 3.28. The Kier molecular flexibility index (Phi) is 2.61. The smallest absolute Gasteiger partial charge is 0.211 e. The van der Waals surface area contributed by atoms with Crippen LogP contribution in [0.1, 0.15) is 36.7 Å². The predicted octanol–water partition coefficient (Wildman–Crippen LogP) is 2.53. The third-order valence-corrected chi connectivity index (χ3v) is 4.30. The molecule has 0 saturated carbocycles. The molecule has 0 aliphatic carbocycles. The summed E-state index contributed by atoms with van der Waals surface area (Å²) < 4.78 is 11.7. The van der Waals surface area contributed by atoms with Gasteiger partial charge in [-0.15, -0.1) is 0 Å². The van der Waals surface area contributed by atoms with E-state index < -0.39 is 5.79 Å². The highest BCUT2D eigenvalue weighted by Gasteiger charge is 2.49. The number of rotatable bonds is 1. The molecule has 1 unspecified atom stereocenters. The first-order chi connectivity index (χ1) is 8.90. The molecule has 4 nitrogen and oxygen atoms in total. The average molecular weight is 262 g/mol. The molecule has 0 radical (unpaired) electrons. The van der Waals surface area contributed by atoms with Gasteiger partial charge in [-0.05, 0) is 30.9 Å². The zero-order valence-corrected chi connectivity index (χ0v) is 11.4. The molecule has 1 fully saturated rings. The molecule has 1 aromatic rings. The van der Waals surface area contributed by atoms with Gasteiger partial charge in [-0.1, -0.05) is 6.92 Å². The summed E-state index contributed by atoms with van der Waals surface area (Å²) in [4.78, 5) is 11.5. The first kappa shape index (κ1) is 12.5. The van der Waals surface area contributed by atoms with Gasteiger partial charge in [-0.3, -0.25) is 4.79 Å². The first-order valence-corrected chi connectivity index (χ1v) is 6.60. The van der Waals surface area contributed by atoms with Gasteiger partial charge in [0, 0.05) is 18.9 Å². The second-order valence-corrected chi connectivity index (χ2v) is 5.75. The van der Waals surface area contributed by atoms with Crippen molar-refractivity contribution in [2.24, 2.45) is 11.8 Å². The number of aromatic hydroxyl groups is 1. The van der Waals surface area contributed by atoms with Crippen LogP contribution in [0.4, 0.5) is 0 Å². The van der Waals surface area contributed by atoms with Crippen LogP contribution in [0.15, 0.2) is 12.1 Å². The van der Waals surface area contributed by atoms with Crippen LogP contribution in [0.2, 0.25) is 0 Å². The molecule has 0 bridgehead atoms. The lowest BCUT2D eigenvalue weighted by Crippen LogP contribution is -2.43. The second kappa shape index (κ2) is 3.97. The molecule has 0 aromatic heterocycles. The Labute approximate surface area is 112 Å². The summed E-state index contributed by atoms with van der Waals surface area (Å²) in [5.74, 6) is 0.549. The number of phenols is 1. The van der Waals surface area contributed by atoms with Crippen LogP contribution in [0.5, 0.6) is 11.5 Å². The van der Waals surface area contributed by atoms with E-state index in [1.807, 2.05) is 6.92 Å². The molecule has 0 amide bonds. The van der Waals surface area contributed by atoms with Crippen molar-refractivity contribution in [2.75, 3.05) is 6.61 Å². The number of phenolic OH excluding ortho intramolecular Hbond substituents is 1. The number of hydrogen-bond acceptors (Lipinski definition) is 4. The Morgan fingerprint density at radius 2 is 2.21 bits per heavy atom. The van der Waals surface area contributed by atoms with Crippen LogP contribution in [0, 0.1) is 11.8 Å². The molecule has 1 saturated heterocycles. The Morgan fingerprint density at radius 1 is 1.47 bits per heavy atom. The summed E-state index contributed by atoms with van der Waals surface area (Å²) in [5.41, 5.74) is 1.33. The normalized spacial score (nSPS) is 32.4. The van der Waals surface area contributed by atoms with Crippen molar-refractivity contribution in [1.82, 2.24) is 0 Å². The molecule has 3 atom stereocenters. The van der Waals surface area contributed by atoms with Gasteiger partial charge in [-0.2, -0.15) is 0 Å². The lowest BCUT2D eigenvalue weighted by molar-refractivity contribution is -0.166. The molecule has 2 aliphatic rings. The molecule has 2 heterocycles. The second-order valence-electron chi connectivity index (χ2n) is 5.75. The lowest BCUT2D eigenvalue weighted by Gasteiger charge is -2.37. The van der Waals surface area contributed by atoms with Crippen LogP contribution in [-0.4, -0.2) is 23.3 Å². The highest BCUT2D eigenvalue weighted by molar-refractivity contribution is 5.97. The fourth-order valence-corrected chi connectivity index (χ4v) is 3.13. The fraction of sp³-hybridized carbons (Fsp3) is 0.533. The largest absolute Gasteiger partial charge is 0.507 e. The Bertz CT molecular complexity index is 551. The third-order valence-electron chi connectivity index (χ3n) is 4.30. The molecule has 2 aliphatic heterocycles. The Hall–Kier alpha value is -1.55. The summed E-state index contributed by atoms with van der Waals surface area (Å²) in [5, 5.41) is 9.87. The van der Waals surface area contributed by atoms with Gasteiger partial charge in [0.05, 0.1) is 12.2 Å². The van der Waals surface area contributed by atoms with E-state index in [0.29, 0.717) is 23.8 Å². The van der Waals surface area contributed by atoms with Crippen molar-refractivity contribution in [3.05, 3.63) is 23.3 Å². The molecular weight excluding hydrogens is 244 g/mol. The van der Waals surface area contributed by atoms with Crippen molar-refractivity contribution < 1.29 is 19.4 Å². The van der Waals surface area contributed by atoms with Crippen LogP contribution in [0.3, 0.4) is 0 Å². The molecule has 3 rings (SSSR count). The number of benzene rings is 1. The standard InChI is InChI=1S/C15H18O4/c1-8-7-18-15(3)12(8)5-10-4-11(9(2)16)13(17)6-14(10)19-15/h4,6,8,12,17H,5,7H2,1-3H3/t8?,12-,15-/m1/s1. The van der Waals surface area contributed by atoms with E-state index in [1.165, 1.54) is 13.0 Å². The maximum atomic E-state index is 11.5. The molecule has 1 N–H and O–H groups in total.